The van der Waals surface area contributed by atoms with Crippen molar-refractivity contribution in [2.24, 2.45) is 23.5 Å². The van der Waals surface area contributed by atoms with Crippen molar-refractivity contribution < 1.29 is 0 Å². The summed E-state index contributed by atoms with van der Waals surface area (Å²) in [5.74, 6) is 2.97. The van der Waals surface area contributed by atoms with Gasteiger partial charge in [0, 0.05) is 24.5 Å². The predicted octanol–water partition coefficient (Wildman–Crippen LogP) is 1.18. The maximum absolute atomic E-state index is 6.10. The molecule has 1 aromatic heterocycles. The molecule has 4 heteroatoms. The Morgan fingerprint density at radius 2 is 2.00 bits per heavy atom. The first kappa shape index (κ1) is 10.0. The third-order valence-corrected chi connectivity index (χ3v) is 4.10. The fraction of sp³-hybridized carbons (Fsp3) is 0.667. The molecular weight excluding hydrogens is 200 g/mol. The molecule has 0 spiro atoms. The summed E-state index contributed by atoms with van der Waals surface area (Å²) in [4.78, 5) is 8.56. The van der Waals surface area contributed by atoms with Crippen LogP contribution >= 0.6 is 0 Å². The van der Waals surface area contributed by atoms with Crippen LogP contribution in [0.3, 0.4) is 0 Å². The van der Waals surface area contributed by atoms with Crippen molar-refractivity contribution >= 4 is 5.95 Å². The quantitative estimate of drug-likeness (QED) is 0.782. The molecule has 4 nitrogen and oxygen atoms in total. The van der Waals surface area contributed by atoms with Gasteiger partial charge in [-0.2, -0.15) is 0 Å². The predicted molar refractivity (Wildman–Crippen MR) is 62.9 cm³/mol. The molecule has 2 saturated carbocycles. The van der Waals surface area contributed by atoms with E-state index < -0.39 is 0 Å². The SMILES string of the molecule is Cc1cnc(N[C@@H]2C[C@@H](N)[C@H]3[C@@H](C)[C@H]32)nc1. The van der Waals surface area contributed by atoms with Crippen molar-refractivity contribution in [3.05, 3.63) is 18.0 Å². The molecule has 5 atom stereocenters. The van der Waals surface area contributed by atoms with Crippen molar-refractivity contribution in [3.63, 3.8) is 0 Å². The van der Waals surface area contributed by atoms with Crippen molar-refractivity contribution in [1.82, 2.24) is 9.97 Å². The lowest BCUT2D eigenvalue weighted by Gasteiger charge is -2.17. The normalized spacial score (nSPS) is 40.6. The van der Waals surface area contributed by atoms with Gasteiger partial charge < -0.3 is 11.1 Å². The van der Waals surface area contributed by atoms with Gasteiger partial charge in [0.2, 0.25) is 5.95 Å². The van der Waals surface area contributed by atoms with E-state index in [2.05, 4.69) is 22.2 Å². The van der Waals surface area contributed by atoms with Gasteiger partial charge in [0.1, 0.15) is 0 Å². The number of aryl methyl sites for hydroxylation is 1. The molecule has 1 heterocycles. The molecule has 0 amide bonds. The Kier molecular flexibility index (Phi) is 2.14. The fourth-order valence-corrected chi connectivity index (χ4v) is 3.23. The molecule has 16 heavy (non-hydrogen) atoms. The summed E-state index contributed by atoms with van der Waals surface area (Å²) >= 11 is 0. The molecule has 0 radical (unpaired) electrons. The van der Waals surface area contributed by atoms with E-state index in [1.165, 1.54) is 0 Å². The standard InChI is InChI=1S/C12H18N4/c1-6-4-14-12(15-5-6)16-9-3-8(13)10-7(2)11(9)10/h4-5,7-11H,3,13H2,1-2H3,(H,14,15,16)/t7-,8-,9-,10-,11+/m1/s1. The van der Waals surface area contributed by atoms with E-state index in [4.69, 9.17) is 5.73 Å². The molecule has 3 rings (SSSR count). The van der Waals surface area contributed by atoms with Crippen LogP contribution in [0.1, 0.15) is 18.9 Å². The Morgan fingerprint density at radius 3 is 2.56 bits per heavy atom. The smallest absolute Gasteiger partial charge is 0.222 e. The Hall–Kier alpha value is -1.16. The van der Waals surface area contributed by atoms with Crippen molar-refractivity contribution in [3.8, 4) is 0 Å². The number of nitrogens with one attached hydrogen (secondary N) is 1. The molecule has 2 aliphatic rings. The van der Waals surface area contributed by atoms with Gasteiger partial charge in [-0.1, -0.05) is 6.92 Å². The zero-order valence-corrected chi connectivity index (χ0v) is 9.72. The second kappa shape index (κ2) is 3.42. The zero-order chi connectivity index (χ0) is 11.3. The van der Waals surface area contributed by atoms with Crippen LogP contribution in [0.15, 0.2) is 12.4 Å². The Labute approximate surface area is 95.7 Å². The van der Waals surface area contributed by atoms with E-state index in [-0.39, 0.29) is 0 Å². The second-order valence-electron chi connectivity index (χ2n) is 5.25. The van der Waals surface area contributed by atoms with Gasteiger partial charge in [-0.15, -0.1) is 0 Å². The summed E-state index contributed by atoms with van der Waals surface area (Å²) in [5, 5.41) is 3.42. The van der Waals surface area contributed by atoms with Gasteiger partial charge in [-0.05, 0) is 36.7 Å². The lowest BCUT2D eigenvalue weighted by Crippen LogP contribution is -2.28. The van der Waals surface area contributed by atoms with Gasteiger partial charge in [-0.25, -0.2) is 9.97 Å². The van der Waals surface area contributed by atoms with Crippen molar-refractivity contribution in [2.45, 2.75) is 32.4 Å². The number of nitrogens with two attached hydrogens (primary N) is 1. The highest BCUT2D eigenvalue weighted by Crippen LogP contribution is 2.57. The average molecular weight is 218 g/mol. The minimum atomic E-state index is 0.364. The molecule has 0 saturated heterocycles. The number of fused-ring (bicyclic) bond motifs is 1. The van der Waals surface area contributed by atoms with Crippen molar-refractivity contribution in [1.29, 1.82) is 0 Å². The van der Waals surface area contributed by atoms with Gasteiger partial charge in [0.05, 0.1) is 0 Å². The zero-order valence-electron chi connectivity index (χ0n) is 9.72. The average Bonchev–Trinajstić information content (AvgIpc) is 2.80. The van der Waals surface area contributed by atoms with Gasteiger partial charge in [-0.3, -0.25) is 0 Å². The fourth-order valence-electron chi connectivity index (χ4n) is 3.23. The summed E-state index contributed by atoms with van der Waals surface area (Å²) in [7, 11) is 0. The number of hydrogen-bond acceptors (Lipinski definition) is 4. The van der Waals surface area contributed by atoms with Crippen LogP contribution in [0.4, 0.5) is 5.95 Å². The van der Waals surface area contributed by atoms with E-state index in [1.54, 1.807) is 0 Å². The molecule has 1 aromatic rings. The van der Waals surface area contributed by atoms with E-state index >= 15 is 0 Å². The minimum absolute atomic E-state index is 0.364. The van der Waals surface area contributed by atoms with Crippen LogP contribution < -0.4 is 11.1 Å². The van der Waals surface area contributed by atoms with Gasteiger partial charge in [0.25, 0.3) is 0 Å². The number of aromatic nitrogens is 2. The van der Waals surface area contributed by atoms with E-state index in [9.17, 15) is 0 Å². The first-order chi connectivity index (χ1) is 7.66. The summed E-state index contributed by atoms with van der Waals surface area (Å²) in [5.41, 5.74) is 7.19. The summed E-state index contributed by atoms with van der Waals surface area (Å²) in [6, 6.07) is 0.834. The molecule has 86 valence electrons. The molecule has 2 aliphatic carbocycles. The molecule has 0 unspecified atom stereocenters. The maximum Gasteiger partial charge on any atom is 0.222 e. The molecule has 0 aliphatic heterocycles. The van der Waals surface area contributed by atoms with Crippen LogP contribution in [0.25, 0.3) is 0 Å². The highest BCUT2D eigenvalue weighted by molar-refractivity contribution is 5.30. The minimum Gasteiger partial charge on any atom is -0.351 e. The Morgan fingerprint density at radius 1 is 1.31 bits per heavy atom. The number of rotatable bonds is 2. The van der Waals surface area contributed by atoms with Gasteiger partial charge >= 0.3 is 0 Å². The van der Waals surface area contributed by atoms with Crippen LogP contribution in [-0.2, 0) is 0 Å². The molecule has 2 fully saturated rings. The van der Waals surface area contributed by atoms with Crippen LogP contribution in [0.5, 0.6) is 0 Å². The maximum atomic E-state index is 6.10. The summed E-state index contributed by atoms with van der Waals surface area (Å²) in [6.07, 6.45) is 4.74. The number of anilines is 1. The summed E-state index contributed by atoms with van der Waals surface area (Å²) < 4.78 is 0. The monoisotopic (exact) mass is 218 g/mol. The van der Waals surface area contributed by atoms with E-state index in [0.29, 0.717) is 12.1 Å². The number of nitrogens with zero attached hydrogens (tertiary/aromatic N) is 2. The third kappa shape index (κ3) is 1.48. The van der Waals surface area contributed by atoms with Crippen LogP contribution in [-0.4, -0.2) is 22.1 Å². The van der Waals surface area contributed by atoms with Gasteiger partial charge in [0.15, 0.2) is 0 Å². The summed E-state index contributed by atoms with van der Waals surface area (Å²) in [6.45, 7) is 4.29. The lowest BCUT2D eigenvalue weighted by atomic mass is 10.1. The first-order valence-electron chi connectivity index (χ1n) is 5.97. The third-order valence-electron chi connectivity index (χ3n) is 4.10. The largest absolute Gasteiger partial charge is 0.351 e. The first-order valence-corrected chi connectivity index (χ1v) is 5.97. The highest BCUT2D eigenvalue weighted by Gasteiger charge is 2.59. The van der Waals surface area contributed by atoms with Crippen LogP contribution in [0.2, 0.25) is 0 Å². The van der Waals surface area contributed by atoms with Crippen molar-refractivity contribution in [2.75, 3.05) is 5.32 Å². The number of hydrogen-bond donors (Lipinski definition) is 2. The lowest BCUT2D eigenvalue weighted by molar-refractivity contribution is 0.522. The molecule has 0 aromatic carbocycles. The second-order valence-corrected chi connectivity index (χ2v) is 5.25. The highest BCUT2D eigenvalue weighted by atomic mass is 15.1. The van der Waals surface area contributed by atoms with E-state index in [1.807, 2.05) is 19.3 Å². The molecule has 0 bridgehead atoms. The Bertz CT molecular complexity index is 389. The molecule has 3 N–H and O–H groups in total. The molecular formula is C12H18N4. The van der Waals surface area contributed by atoms with Crippen LogP contribution in [0, 0.1) is 24.7 Å². The van der Waals surface area contributed by atoms with E-state index in [0.717, 1.165) is 35.7 Å². The topological polar surface area (TPSA) is 63.8 Å². The Balaban J connectivity index is 1.70.